The largest absolute Gasteiger partial charge is 0.338 e. The first kappa shape index (κ1) is 17.0. The zero-order valence-electron chi connectivity index (χ0n) is 16.8. The van der Waals surface area contributed by atoms with Gasteiger partial charge in [-0.05, 0) is 30.7 Å². The number of piperidine rings is 1. The van der Waals surface area contributed by atoms with Crippen LogP contribution in [0.25, 0.3) is 0 Å². The second-order valence-corrected chi connectivity index (χ2v) is 6.95. The first-order valence-electron chi connectivity index (χ1n) is 9.57. The van der Waals surface area contributed by atoms with Gasteiger partial charge in [0.05, 0.1) is 11.6 Å². The average Bonchev–Trinajstić information content (AvgIpc) is 2.69. The maximum atomic E-state index is 15.4. The quantitative estimate of drug-likeness (QED) is 0.842. The number of halogens is 3. The summed E-state index contributed by atoms with van der Waals surface area (Å²) in [5.74, 6) is -0.652. The SMILES string of the molecule is [2H]C([2H])(NCc1ncc(C)cn1)C1(F)CCN(C(=O)c2ccc(F)c(Cl)c2)CC1. The van der Waals surface area contributed by atoms with E-state index in [1.54, 1.807) is 12.4 Å². The van der Waals surface area contributed by atoms with Gasteiger partial charge in [-0.3, -0.25) is 4.79 Å². The Balaban J connectivity index is 1.61. The molecule has 8 heteroatoms. The van der Waals surface area contributed by atoms with Crippen LogP contribution in [0.2, 0.25) is 5.02 Å². The van der Waals surface area contributed by atoms with Crippen molar-refractivity contribution in [2.45, 2.75) is 32.0 Å². The number of nitrogens with one attached hydrogen (secondary N) is 1. The normalized spacial score (nSPS) is 18.0. The van der Waals surface area contributed by atoms with E-state index >= 15 is 4.39 Å². The van der Waals surface area contributed by atoms with E-state index in [0.29, 0.717) is 5.82 Å². The van der Waals surface area contributed by atoms with Crippen molar-refractivity contribution in [1.29, 1.82) is 0 Å². The first-order chi connectivity index (χ1) is 13.6. The molecule has 0 spiro atoms. The van der Waals surface area contributed by atoms with Crippen LogP contribution in [-0.2, 0) is 6.54 Å². The third kappa shape index (κ3) is 4.99. The number of aromatic nitrogens is 2. The van der Waals surface area contributed by atoms with Crippen molar-refractivity contribution in [2.75, 3.05) is 19.6 Å². The lowest BCUT2D eigenvalue weighted by atomic mass is 9.92. The molecule has 2 aromatic rings. The molecule has 0 atom stereocenters. The van der Waals surface area contributed by atoms with Crippen molar-refractivity contribution in [1.82, 2.24) is 20.2 Å². The molecule has 1 N–H and O–H groups in total. The number of rotatable bonds is 5. The predicted octanol–water partition coefficient (Wildman–Crippen LogP) is 3.31. The Kier molecular flexibility index (Phi) is 5.21. The number of aryl methyl sites for hydroxylation is 1. The van der Waals surface area contributed by atoms with Gasteiger partial charge in [-0.25, -0.2) is 18.7 Å². The van der Waals surface area contributed by atoms with Crippen LogP contribution in [0.15, 0.2) is 30.6 Å². The van der Waals surface area contributed by atoms with Gasteiger partial charge in [-0.15, -0.1) is 0 Å². The van der Waals surface area contributed by atoms with E-state index in [1.807, 2.05) is 6.92 Å². The molecule has 1 aromatic heterocycles. The van der Waals surface area contributed by atoms with Crippen LogP contribution in [0.3, 0.4) is 0 Å². The maximum Gasteiger partial charge on any atom is 0.253 e. The van der Waals surface area contributed by atoms with Crippen molar-refractivity contribution in [3.63, 3.8) is 0 Å². The van der Waals surface area contributed by atoms with Gasteiger partial charge in [0.15, 0.2) is 0 Å². The molecule has 1 amide bonds. The van der Waals surface area contributed by atoms with Crippen LogP contribution in [0.5, 0.6) is 0 Å². The number of carbonyl (C=O) groups excluding carboxylic acids is 1. The molecule has 0 aliphatic carbocycles. The molecule has 5 nitrogen and oxygen atoms in total. The molecule has 1 aromatic carbocycles. The average molecular weight is 397 g/mol. The van der Waals surface area contributed by atoms with Gasteiger partial charge in [0.25, 0.3) is 5.91 Å². The van der Waals surface area contributed by atoms with Crippen molar-refractivity contribution in [3.8, 4) is 0 Å². The number of hydrogen-bond acceptors (Lipinski definition) is 4. The molecule has 1 fully saturated rings. The molecule has 1 aliphatic heterocycles. The van der Waals surface area contributed by atoms with E-state index in [0.717, 1.165) is 11.6 Å². The summed E-state index contributed by atoms with van der Waals surface area (Å²) in [5.41, 5.74) is -1.08. The van der Waals surface area contributed by atoms with Crippen LogP contribution < -0.4 is 5.32 Å². The molecule has 144 valence electrons. The summed E-state index contributed by atoms with van der Waals surface area (Å²) in [4.78, 5) is 22.1. The third-order valence-corrected chi connectivity index (χ3v) is 4.69. The van der Waals surface area contributed by atoms with Gasteiger partial charge < -0.3 is 10.2 Å². The molecular weight excluding hydrogens is 374 g/mol. The fraction of sp³-hybridized carbons (Fsp3) is 0.421. The molecule has 3 rings (SSSR count). The van der Waals surface area contributed by atoms with Crippen molar-refractivity contribution in [2.24, 2.45) is 0 Å². The predicted molar refractivity (Wildman–Crippen MR) is 98.9 cm³/mol. The Morgan fingerprint density at radius 1 is 1.37 bits per heavy atom. The lowest BCUT2D eigenvalue weighted by Crippen LogP contribution is -2.48. The van der Waals surface area contributed by atoms with E-state index in [4.69, 9.17) is 14.3 Å². The topological polar surface area (TPSA) is 58.1 Å². The Morgan fingerprint density at radius 2 is 2.04 bits per heavy atom. The Morgan fingerprint density at radius 3 is 2.67 bits per heavy atom. The number of amides is 1. The highest BCUT2D eigenvalue weighted by Gasteiger charge is 2.36. The lowest BCUT2D eigenvalue weighted by molar-refractivity contribution is 0.0434. The standard InChI is InChI=1S/C19H21ClF2N4O/c1-13-9-24-17(25-10-13)11-23-12-19(22)4-6-26(7-5-19)18(27)14-2-3-16(21)15(20)8-14/h2-3,8-10,23H,4-7,11-12H2,1H3/i12D2. The Labute approximate surface area is 164 Å². The highest BCUT2D eigenvalue weighted by atomic mass is 35.5. The minimum Gasteiger partial charge on any atom is -0.338 e. The Bertz CT molecular complexity index is 890. The minimum absolute atomic E-state index is 0.0182. The number of alkyl halides is 1. The molecule has 1 aliphatic rings. The van der Waals surface area contributed by atoms with Crippen LogP contribution in [0.1, 0.15) is 37.3 Å². The number of likely N-dealkylation sites (tertiary alicyclic amines) is 1. The Hall–Kier alpha value is -2.12. The van der Waals surface area contributed by atoms with Crippen molar-refractivity contribution >= 4 is 17.5 Å². The summed E-state index contributed by atoms with van der Waals surface area (Å²) in [7, 11) is 0. The van der Waals surface area contributed by atoms with Crippen LogP contribution in [0.4, 0.5) is 8.78 Å². The molecule has 0 saturated carbocycles. The number of hydrogen-bond donors (Lipinski definition) is 1. The fourth-order valence-electron chi connectivity index (χ4n) is 2.79. The molecule has 0 unspecified atom stereocenters. The zero-order chi connectivity index (χ0) is 21.2. The number of carbonyl (C=O) groups is 1. The van der Waals surface area contributed by atoms with Gasteiger partial charge in [-0.2, -0.15) is 0 Å². The van der Waals surface area contributed by atoms with Gasteiger partial charge in [0, 0.05) is 53.1 Å². The van der Waals surface area contributed by atoms with Crippen LogP contribution >= 0.6 is 11.6 Å². The first-order valence-corrected chi connectivity index (χ1v) is 8.95. The summed E-state index contributed by atoms with van der Waals surface area (Å²) in [6, 6.07) is 3.66. The molecule has 1 saturated heterocycles. The second-order valence-electron chi connectivity index (χ2n) is 6.54. The summed E-state index contributed by atoms with van der Waals surface area (Å²) >= 11 is 5.72. The lowest BCUT2D eigenvalue weighted by Gasteiger charge is -2.36. The number of nitrogens with zero attached hydrogens (tertiary/aromatic N) is 3. The van der Waals surface area contributed by atoms with Crippen molar-refractivity contribution in [3.05, 3.63) is 58.4 Å². The van der Waals surface area contributed by atoms with Gasteiger partial charge in [-0.1, -0.05) is 11.6 Å². The summed E-state index contributed by atoms with van der Waals surface area (Å²) in [6.45, 7) is -0.438. The number of benzene rings is 1. The van der Waals surface area contributed by atoms with Gasteiger partial charge >= 0.3 is 0 Å². The van der Waals surface area contributed by atoms with E-state index in [-0.39, 0.29) is 43.1 Å². The molecular formula is C19H21ClF2N4O. The zero-order valence-corrected chi connectivity index (χ0v) is 15.6. The summed E-state index contributed by atoms with van der Waals surface area (Å²) in [6.07, 6.45) is 2.86. The smallest absolute Gasteiger partial charge is 0.253 e. The van der Waals surface area contributed by atoms with E-state index in [1.165, 1.54) is 17.0 Å². The van der Waals surface area contributed by atoms with E-state index in [2.05, 4.69) is 15.3 Å². The molecule has 0 bridgehead atoms. The second kappa shape index (κ2) is 8.27. The van der Waals surface area contributed by atoms with Gasteiger partial charge in [0.2, 0.25) is 0 Å². The van der Waals surface area contributed by atoms with Gasteiger partial charge in [0.1, 0.15) is 17.3 Å². The van der Waals surface area contributed by atoms with E-state index < -0.39 is 23.9 Å². The molecule has 0 radical (unpaired) electrons. The highest BCUT2D eigenvalue weighted by Crippen LogP contribution is 2.27. The summed E-state index contributed by atoms with van der Waals surface area (Å²) < 4.78 is 45.0. The third-order valence-electron chi connectivity index (χ3n) is 4.40. The minimum atomic E-state index is -2.32. The van der Waals surface area contributed by atoms with Crippen LogP contribution in [0, 0.1) is 12.7 Å². The monoisotopic (exact) mass is 396 g/mol. The fourth-order valence-corrected chi connectivity index (χ4v) is 2.97. The van der Waals surface area contributed by atoms with Crippen molar-refractivity contribution < 1.29 is 16.3 Å². The summed E-state index contributed by atoms with van der Waals surface area (Å²) in [5, 5.41) is 2.40. The van der Waals surface area contributed by atoms with Crippen LogP contribution in [-0.4, -0.2) is 46.0 Å². The highest BCUT2D eigenvalue weighted by molar-refractivity contribution is 6.31. The molecule has 2 heterocycles. The van der Waals surface area contributed by atoms with E-state index in [9.17, 15) is 9.18 Å². The molecule has 27 heavy (non-hydrogen) atoms. The maximum absolute atomic E-state index is 15.4.